The zero-order valence-corrected chi connectivity index (χ0v) is 3.34. The zero-order valence-electron chi connectivity index (χ0n) is 9.59. The zero-order chi connectivity index (χ0) is 10.2. The van der Waals surface area contributed by atoms with Crippen LogP contribution in [0, 0.1) is 0 Å². The Kier molecular flexibility index (Phi) is 0.655. The van der Waals surface area contributed by atoms with Crippen molar-refractivity contribution >= 4 is 11.6 Å². The molecule has 32 valence electrons. The fourth-order valence-electron chi connectivity index (χ4n) is 0.0334. The van der Waals surface area contributed by atoms with E-state index in [4.69, 9.17) is 21.2 Å². The number of hydrogen-bond acceptors (Lipinski definition) is 0. The second kappa shape index (κ2) is 4.29. The third kappa shape index (κ3) is 4.29. The summed E-state index contributed by atoms with van der Waals surface area (Å²) in [6, 6.07) is 0. The van der Waals surface area contributed by atoms with Crippen LogP contribution in [0.5, 0.6) is 0 Å². The van der Waals surface area contributed by atoms with Crippen LogP contribution >= 0.6 is 11.6 Å². The van der Waals surface area contributed by atoms with E-state index >= 15 is 0 Å². The minimum absolute atomic E-state index is 0.682. The third-order valence-electron chi connectivity index (χ3n) is 0.155. The van der Waals surface area contributed by atoms with Gasteiger partial charge in [0, 0.05) is 15.5 Å². The van der Waals surface area contributed by atoms with Crippen LogP contribution in [0.3, 0.4) is 0 Å². The molecule has 0 heterocycles. The molecule has 0 N–H and O–H groups in total. The Morgan fingerprint density at radius 3 is 3.20 bits per heavy atom. The molecule has 0 aliphatic carbocycles. The van der Waals surface area contributed by atoms with Crippen molar-refractivity contribution in [3.05, 3.63) is 0 Å². The molecule has 0 aliphatic heterocycles. The van der Waals surface area contributed by atoms with Gasteiger partial charge in [-0.05, 0) is 6.37 Å². The SMILES string of the molecule is [2H]C([2H])([2H])C([2H])([2H])C([2H])([2H])CCl. The standard InChI is InChI=1S/C4H9Cl/c1-2-3-4-5/h2-4H2,1H3/i1D3,2D2,3D2. The summed E-state index contributed by atoms with van der Waals surface area (Å²) in [5.41, 5.74) is 0. The summed E-state index contributed by atoms with van der Waals surface area (Å²) in [7, 11) is 0. The maximum atomic E-state index is 7.03. The van der Waals surface area contributed by atoms with E-state index in [-0.39, 0.29) is 0 Å². The van der Waals surface area contributed by atoms with Crippen LogP contribution < -0.4 is 0 Å². The highest BCUT2D eigenvalue weighted by atomic mass is 35.5. The molecular formula is C4H9Cl. The quantitative estimate of drug-likeness (QED) is 0.465. The summed E-state index contributed by atoms with van der Waals surface area (Å²) < 4.78 is 48.4. The summed E-state index contributed by atoms with van der Waals surface area (Å²) in [5, 5.41) is 0. The molecule has 0 bridgehead atoms. The van der Waals surface area contributed by atoms with Crippen molar-refractivity contribution in [2.75, 3.05) is 5.88 Å². The van der Waals surface area contributed by atoms with E-state index in [1.807, 2.05) is 0 Å². The lowest BCUT2D eigenvalue weighted by Crippen LogP contribution is -1.65. The molecule has 0 saturated heterocycles. The molecule has 5 heavy (non-hydrogen) atoms. The first-order chi connectivity index (χ1) is 5.06. The van der Waals surface area contributed by atoms with Gasteiger partial charge in [0.05, 0.1) is 0 Å². The first-order valence-corrected chi connectivity index (χ1v) is 1.66. The van der Waals surface area contributed by atoms with Gasteiger partial charge in [-0.25, -0.2) is 0 Å². The predicted molar refractivity (Wildman–Crippen MR) is 25.6 cm³/mol. The van der Waals surface area contributed by atoms with Crippen molar-refractivity contribution in [2.45, 2.75) is 19.6 Å². The van der Waals surface area contributed by atoms with Gasteiger partial charge in [0.1, 0.15) is 0 Å². The average Bonchev–Trinajstić information content (AvgIpc) is 1.85. The molecule has 0 fully saturated rings. The number of hydrogen-bond donors (Lipinski definition) is 0. The molecule has 0 saturated carbocycles. The molecule has 0 aromatic rings. The molecule has 0 aromatic heterocycles. The first-order valence-electron chi connectivity index (χ1n) is 4.62. The van der Waals surface area contributed by atoms with Crippen LogP contribution in [0.1, 0.15) is 29.2 Å². The third-order valence-corrected chi connectivity index (χ3v) is 0.289. The van der Waals surface area contributed by atoms with Crippen LogP contribution in [0.4, 0.5) is 0 Å². The van der Waals surface area contributed by atoms with Crippen LogP contribution in [0.25, 0.3) is 0 Å². The molecule has 0 aromatic carbocycles. The number of rotatable bonds is 2. The molecule has 0 spiro atoms. The highest BCUT2D eigenvalue weighted by Gasteiger charge is 1.70. The summed E-state index contributed by atoms with van der Waals surface area (Å²) in [4.78, 5) is 0. The van der Waals surface area contributed by atoms with Gasteiger partial charge in [0.15, 0.2) is 0 Å². The summed E-state index contributed by atoms with van der Waals surface area (Å²) >= 11 is 5.12. The molecule has 1 heteroatoms. The number of halogens is 1. The monoisotopic (exact) mass is 99.1 g/mol. The van der Waals surface area contributed by atoms with Gasteiger partial charge in [0.2, 0.25) is 0 Å². The van der Waals surface area contributed by atoms with E-state index in [0.29, 0.717) is 0 Å². The lowest BCUT2D eigenvalue weighted by atomic mass is 10.4. The Bertz CT molecular complexity index is 159. The van der Waals surface area contributed by atoms with Gasteiger partial charge in [-0.2, -0.15) is 0 Å². The molecule has 0 atom stereocenters. The van der Waals surface area contributed by atoms with Crippen molar-refractivity contribution in [1.29, 1.82) is 0 Å². The fourth-order valence-corrected chi connectivity index (χ4v) is 0.100. The molecule has 0 rings (SSSR count). The second-order valence-electron chi connectivity index (χ2n) is 0.435. The van der Waals surface area contributed by atoms with E-state index in [9.17, 15) is 0 Å². The van der Waals surface area contributed by atoms with Gasteiger partial charge in [-0.1, -0.05) is 13.2 Å². The van der Waals surface area contributed by atoms with E-state index in [1.54, 1.807) is 0 Å². The van der Waals surface area contributed by atoms with Crippen molar-refractivity contribution in [2.24, 2.45) is 0 Å². The summed E-state index contributed by atoms with van der Waals surface area (Å²) in [6.07, 6.45) is -5.46. The molecule has 0 amide bonds. The van der Waals surface area contributed by atoms with Crippen molar-refractivity contribution in [1.82, 2.24) is 0 Å². The van der Waals surface area contributed by atoms with Gasteiger partial charge in [0.25, 0.3) is 0 Å². The first kappa shape index (κ1) is 0.764. The van der Waals surface area contributed by atoms with E-state index in [1.165, 1.54) is 0 Å². The maximum Gasteiger partial charge on any atom is 0.0279 e. The van der Waals surface area contributed by atoms with Crippen molar-refractivity contribution < 1.29 is 9.60 Å². The molecule has 0 aliphatic rings. The van der Waals surface area contributed by atoms with E-state index in [2.05, 4.69) is 0 Å². The van der Waals surface area contributed by atoms with E-state index in [0.717, 1.165) is 0 Å². The highest BCUT2D eigenvalue weighted by molar-refractivity contribution is 6.17. The predicted octanol–water partition coefficient (Wildman–Crippen LogP) is 2.03. The Balaban J connectivity index is 4.85. The topological polar surface area (TPSA) is 0 Å². The Morgan fingerprint density at radius 1 is 2.20 bits per heavy atom. The van der Waals surface area contributed by atoms with E-state index < -0.39 is 25.5 Å². The fraction of sp³-hybridized carbons (Fsp3) is 1.00. The second-order valence-corrected chi connectivity index (χ2v) is 0.703. The van der Waals surface area contributed by atoms with Gasteiger partial charge in [-0.15, -0.1) is 11.6 Å². The van der Waals surface area contributed by atoms with Gasteiger partial charge in [-0.3, -0.25) is 0 Å². The Morgan fingerprint density at radius 2 is 3.00 bits per heavy atom. The van der Waals surface area contributed by atoms with Crippen LogP contribution in [-0.4, -0.2) is 5.88 Å². The highest BCUT2D eigenvalue weighted by Crippen LogP contribution is 1.86. The average molecular weight is 99.6 g/mol. The summed E-state index contributed by atoms with van der Waals surface area (Å²) in [5.74, 6) is -0.682. The van der Waals surface area contributed by atoms with Crippen LogP contribution in [0.15, 0.2) is 0 Å². The van der Waals surface area contributed by atoms with Crippen LogP contribution in [0.2, 0.25) is 0 Å². The Labute approximate surface area is 48.0 Å². The smallest absolute Gasteiger partial charge is 0.0279 e. The minimum atomic E-state index is -2.99. The van der Waals surface area contributed by atoms with Crippen molar-refractivity contribution in [3.63, 3.8) is 0 Å². The summed E-state index contributed by atoms with van der Waals surface area (Å²) in [6.45, 7) is -2.99. The van der Waals surface area contributed by atoms with Gasteiger partial charge < -0.3 is 0 Å². The largest absolute Gasteiger partial charge is 0.127 e. The minimum Gasteiger partial charge on any atom is -0.127 e. The molecule has 0 unspecified atom stereocenters. The van der Waals surface area contributed by atoms with Crippen molar-refractivity contribution in [3.8, 4) is 0 Å². The molecular weight excluding hydrogens is 83.5 g/mol. The Hall–Kier alpha value is 0.290. The number of alkyl halides is 1. The molecule has 0 radical (unpaired) electrons. The molecule has 0 nitrogen and oxygen atoms in total. The van der Waals surface area contributed by atoms with Gasteiger partial charge >= 0.3 is 0 Å². The normalized spacial score (nSPS) is 37.4. The van der Waals surface area contributed by atoms with Crippen LogP contribution in [-0.2, 0) is 0 Å². The lowest BCUT2D eigenvalue weighted by molar-refractivity contribution is 0.892. The maximum absolute atomic E-state index is 7.03. The lowest BCUT2D eigenvalue weighted by Gasteiger charge is -1.77.